The molecule has 0 bridgehead atoms. The summed E-state index contributed by atoms with van der Waals surface area (Å²) < 4.78 is 5.64. The summed E-state index contributed by atoms with van der Waals surface area (Å²) in [5.74, 6) is -1.32. The van der Waals surface area contributed by atoms with E-state index in [-0.39, 0.29) is 36.7 Å². The van der Waals surface area contributed by atoms with E-state index in [0.29, 0.717) is 6.42 Å². The highest BCUT2D eigenvalue weighted by Crippen LogP contribution is 2.44. The molecule has 0 aliphatic heterocycles. The Morgan fingerprint density at radius 1 is 0.941 bits per heavy atom. The Bertz CT molecular complexity index is 998. The molecule has 2 amide bonds. The van der Waals surface area contributed by atoms with Gasteiger partial charge < -0.3 is 20.5 Å². The second-order valence-electron chi connectivity index (χ2n) is 10.2. The van der Waals surface area contributed by atoms with E-state index in [0.717, 1.165) is 22.3 Å². The molecule has 0 saturated carbocycles. The summed E-state index contributed by atoms with van der Waals surface area (Å²) in [6, 6.07) is 15.3. The summed E-state index contributed by atoms with van der Waals surface area (Å²) >= 11 is 0. The number of carboxylic acids is 1. The lowest BCUT2D eigenvalue weighted by atomic mass is 9.87. The first kappa shape index (κ1) is 25.3. The van der Waals surface area contributed by atoms with Gasteiger partial charge in [0.1, 0.15) is 6.61 Å². The van der Waals surface area contributed by atoms with Crippen LogP contribution < -0.4 is 10.6 Å². The molecule has 7 heteroatoms. The number of ether oxygens (including phenoxy) is 1. The highest BCUT2D eigenvalue weighted by atomic mass is 16.5. The number of carbonyl (C=O) groups is 3. The summed E-state index contributed by atoms with van der Waals surface area (Å²) in [6.07, 6.45) is -0.110. The predicted molar refractivity (Wildman–Crippen MR) is 131 cm³/mol. The fraction of sp³-hybridized carbons (Fsp3) is 0.444. The molecule has 2 atom stereocenters. The third kappa shape index (κ3) is 6.83. The molecule has 0 saturated heterocycles. The van der Waals surface area contributed by atoms with E-state index in [1.807, 2.05) is 45.0 Å². The Morgan fingerprint density at radius 3 is 2.03 bits per heavy atom. The van der Waals surface area contributed by atoms with Crippen LogP contribution in [0.2, 0.25) is 0 Å². The molecule has 0 heterocycles. The van der Waals surface area contributed by atoms with Gasteiger partial charge in [-0.1, -0.05) is 69.3 Å². The van der Waals surface area contributed by atoms with Crippen LogP contribution in [-0.4, -0.2) is 41.8 Å². The number of benzene rings is 2. The largest absolute Gasteiger partial charge is 0.481 e. The minimum atomic E-state index is -0.976. The first-order valence-corrected chi connectivity index (χ1v) is 11.7. The van der Waals surface area contributed by atoms with Crippen molar-refractivity contribution >= 4 is 18.0 Å². The van der Waals surface area contributed by atoms with E-state index in [2.05, 4.69) is 34.9 Å². The molecular formula is C27H34N2O5. The van der Waals surface area contributed by atoms with Gasteiger partial charge in [0, 0.05) is 24.4 Å². The standard InChI is InChI=1S/C27H34N2O5/c1-17(13-25(31)32)28-24(30)14-18(15-27(2,3)4)29-26(33)34-16-23-21-11-7-5-9-19(21)20-10-6-8-12-22(20)23/h5-12,17-18,23H,13-16H2,1-4H3,(H,28,30)(H,29,33)(H,31,32). The number of rotatable bonds is 9. The van der Waals surface area contributed by atoms with Crippen LogP contribution in [0, 0.1) is 5.41 Å². The van der Waals surface area contributed by atoms with Gasteiger partial charge in [-0.15, -0.1) is 0 Å². The summed E-state index contributed by atoms with van der Waals surface area (Å²) in [4.78, 5) is 36.0. The van der Waals surface area contributed by atoms with Gasteiger partial charge in [0.25, 0.3) is 0 Å². The zero-order valence-electron chi connectivity index (χ0n) is 20.3. The fourth-order valence-corrected chi connectivity index (χ4v) is 4.59. The number of fused-ring (bicyclic) bond motifs is 3. The molecule has 34 heavy (non-hydrogen) atoms. The van der Waals surface area contributed by atoms with Crippen molar-refractivity contribution in [2.45, 2.75) is 65.0 Å². The minimum absolute atomic E-state index is 0.0422. The Hall–Kier alpha value is -3.35. The van der Waals surface area contributed by atoms with Gasteiger partial charge in [-0.25, -0.2) is 4.79 Å². The van der Waals surface area contributed by atoms with Crippen molar-refractivity contribution in [1.82, 2.24) is 10.6 Å². The first-order valence-electron chi connectivity index (χ1n) is 11.7. The van der Waals surface area contributed by atoms with Crippen molar-refractivity contribution in [2.24, 2.45) is 5.41 Å². The van der Waals surface area contributed by atoms with Crippen LogP contribution in [-0.2, 0) is 14.3 Å². The van der Waals surface area contributed by atoms with Crippen LogP contribution in [0.4, 0.5) is 4.79 Å². The van der Waals surface area contributed by atoms with Crippen LogP contribution in [0.15, 0.2) is 48.5 Å². The zero-order valence-corrected chi connectivity index (χ0v) is 20.3. The average molecular weight is 467 g/mol. The molecular weight excluding hydrogens is 432 g/mol. The lowest BCUT2D eigenvalue weighted by Gasteiger charge is -2.27. The van der Waals surface area contributed by atoms with Gasteiger partial charge in [0.05, 0.1) is 6.42 Å². The molecule has 182 valence electrons. The number of hydrogen-bond acceptors (Lipinski definition) is 4. The molecule has 7 nitrogen and oxygen atoms in total. The number of carboxylic acid groups (broad SMARTS) is 1. The Labute approximate surface area is 200 Å². The van der Waals surface area contributed by atoms with Crippen molar-refractivity contribution in [1.29, 1.82) is 0 Å². The van der Waals surface area contributed by atoms with E-state index in [1.165, 1.54) is 0 Å². The highest BCUT2D eigenvalue weighted by Gasteiger charge is 2.30. The number of amides is 2. The molecule has 1 aliphatic rings. The van der Waals surface area contributed by atoms with Crippen LogP contribution >= 0.6 is 0 Å². The maximum atomic E-state index is 12.7. The molecule has 0 aromatic heterocycles. The SMILES string of the molecule is CC(CC(=O)O)NC(=O)CC(CC(C)(C)C)NC(=O)OCC1c2ccccc2-c2ccccc21. The maximum Gasteiger partial charge on any atom is 0.407 e. The molecule has 1 aliphatic carbocycles. The predicted octanol–water partition coefficient (Wildman–Crippen LogP) is 4.70. The van der Waals surface area contributed by atoms with Crippen molar-refractivity contribution in [2.75, 3.05) is 6.61 Å². The first-order chi connectivity index (χ1) is 16.0. The number of hydrogen-bond donors (Lipinski definition) is 3. The van der Waals surface area contributed by atoms with E-state index in [4.69, 9.17) is 9.84 Å². The van der Waals surface area contributed by atoms with Crippen molar-refractivity contribution in [3.05, 3.63) is 59.7 Å². The number of alkyl carbamates (subject to hydrolysis) is 1. The van der Waals surface area contributed by atoms with Gasteiger partial charge >= 0.3 is 12.1 Å². The van der Waals surface area contributed by atoms with Crippen molar-refractivity contribution in [3.8, 4) is 11.1 Å². The quantitative estimate of drug-likeness (QED) is 0.497. The summed E-state index contributed by atoms with van der Waals surface area (Å²) in [5, 5.41) is 14.4. The van der Waals surface area contributed by atoms with E-state index < -0.39 is 24.1 Å². The second kappa shape index (κ2) is 10.7. The van der Waals surface area contributed by atoms with Crippen molar-refractivity contribution in [3.63, 3.8) is 0 Å². The molecule has 3 N–H and O–H groups in total. The van der Waals surface area contributed by atoms with Crippen LogP contribution in [0.1, 0.15) is 64.0 Å². The minimum Gasteiger partial charge on any atom is -0.481 e. The zero-order chi connectivity index (χ0) is 24.9. The van der Waals surface area contributed by atoms with Gasteiger partial charge in [-0.3, -0.25) is 9.59 Å². The topological polar surface area (TPSA) is 105 Å². The smallest absolute Gasteiger partial charge is 0.407 e. The van der Waals surface area contributed by atoms with Gasteiger partial charge in [-0.2, -0.15) is 0 Å². The molecule has 0 spiro atoms. The van der Waals surface area contributed by atoms with Gasteiger partial charge in [-0.05, 0) is 41.0 Å². The fourth-order valence-electron chi connectivity index (χ4n) is 4.59. The Balaban J connectivity index is 1.62. The van der Waals surface area contributed by atoms with E-state index >= 15 is 0 Å². The number of aliphatic carboxylic acids is 1. The molecule has 2 aromatic carbocycles. The van der Waals surface area contributed by atoms with Gasteiger partial charge in [0.15, 0.2) is 0 Å². The third-order valence-corrected chi connectivity index (χ3v) is 5.84. The molecule has 2 unspecified atom stereocenters. The molecule has 2 aromatic rings. The monoisotopic (exact) mass is 466 g/mol. The lowest BCUT2D eigenvalue weighted by molar-refractivity contribution is -0.137. The van der Waals surface area contributed by atoms with Crippen molar-refractivity contribution < 1.29 is 24.2 Å². The third-order valence-electron chi connectivity index (χ3n) is 5.84. The number of carbonyl (C=O) groups excluding carboxylic acids is 2. The maximum absolute atomic E-state index is 12.7. The second-order valence-corrected chi connectivity index (χ2v) is 10.2. The molecule has 0 radical (unpaired) electrons. The van der Waals surface area contributed by atoms with E-state index in [9.17, 15) is 14.4 Å². The molecule has 0 fully saturated rings. The summed E-state index contributed by atoms with van der Waals surface area (Å²) in [7, 11) is 0. The lowest BCUT2D eigenvalue weighted by Crippen LogP contribution is -2.43. The molecule has 3 rings (SSSR count). The van der Waals surface area contributed by atoms with Gasteiger partial charge in [0.2, 0.25) is 5.91 Å². The highest BCUT2D eigenvalue weighted by molar-refractivity contribution is 5.80. The van der Waals surface area contributed by atoms with E-state index in [1.54, 1.807) is 6.92 Å². The van der Waals surface area contributed by atoms with Crippen LogP contribution in [0.5, 0.6) is 0 Å². The normalized spacial score (nSPS) is 14.5. The Morgan fingerprint density at radius 2 is 1.50 bits per heavy atom. The Kier molecular flexibility index (Phi) is 7.97. The van der Waals surface area contributed by atoms with Crippen LogP contribution in [0.25, 0.3) is 11.1 Å². The number of nitrogens with one attached hydrogen (secondary N) is 2. The summed E-state index contributed by atoms with van der Waals surface area (Å²) in [6.45, 7) is 7.94. The van der Waals surface area contributed by atoms with Crippen LogP contribution in [0.3, 0.4) is 0 Å². The average Bonchev–Trinajstić information content (AvgIpc) is 3.04. The summed E-state index contributed by atoms with van der Waals surface area (Å²) in [5.41, 5.74) is 4.45.